The molecule has 2 aromatic heterocycles. The van der Waals surface area contributed by atoms with Gasteiger partial charge in [-0.15, -0.1) is 10.2 Å². The lowest BCUT2D eigenvalue weighted by atomic mass is 10.0. The molecule has 0 aliphatic rings. The van der Waals surface area contributed by atoms with Gasteiger partial charge in [0.15, 0.2) is 5.65 Å². The molecule has 0 bridgehead atoms. The van der Waals surface area contributed by atoms with Crippen LogP contribution >= 0.6 is 0 Å². The minimum atomic E-state index is 0.598. The van der Waals surface area contributed by atoms with Crippen LogP contribution in [0.5, 0.6) is 0 Å². The lowest BCUT2D eigenvalue weighted by molar-refractivity contribution is 0.727. The predicted octanol–water partition coefficient (Wildman–Crippen LogP) is 2.55. The molecule has 0 amide bonds. The van der Waals surface area contributed by atoms with Crippen molar-refractivity contribution in [1.82, 2.24) is 14.6 Å². The molecule has 0 aliphatic carbocycles. The molecule has 0 spiro atoms. The van der Waals surface area contributed by atoms with Crippen LogP contribution in [-0.4, -0.2) is 14.6 Å². The number of aryl methyl sites for hydroxylation is 1. The molecule has 0 aliphatic heterocycles. The molecular weight excluding hydrogens is 174 g/mol. The van der Waals surface area contributed by atoms with Gasteiger partial charge in [0.1, 0.15) is 5.82 Å². The van der Waals surface area contributed by atoms with Crippen LogP contribution < -0.4 is 0 Å². The highest BCUT2D eigenvalue weighted by molar-refractivity contribution is 5.39. The van der Waals surface area contributed by atoms with Crippen LogP contribution in [0.4, 0.5) is 0 Å². The highest BCUT2D eigenvalue weighted by atomic mass is 15.2. The third kappa shape index (κ3) is 1.39. The summed E-state index contributed by atoms with van der Waals surface area (Å²) in [5, 5.41) is 8.09. The Morgan fingerprint density at radius 3 is 2.86 bits per heavy atom. The zero-order valence-corrected chi connectivity index (χ0v) is 8.86. The third-order valence-corrected chi connectivity index (χ3v) is 2.78. The van der Waals surface area contributed by atoms with Crippen molar-refractivity contribution < 1.29 is 0 Å². The largest absolute Gasteiger partial charge is 0.286 e. The van der Waals surface area contributed by atoms with Crippen LogP contribution in [0, 0.1) is 6.92 Å². The van der Waals surface area contributed by atoms with Gasteiger partial charge in [0.05, 0.1) is 0 Å². The number of aromatic nitrogens is 3. The Morgan fingerprint density at radius 1 is 1.36 bits per heavy atom. The first kappa shape index (κ1) is 9.19. The van der Waals surface area contributed by atoms with Crippen molar-refractivity contribution >= 4 is 5.65 Å². The molecule has 0 saturated heterocycles. The molecule has 0 radical (unpaired) electrons. The number of hydrogen-bond acceptors (Lipinski definition) is 2. The Kier molecular flexibility index (Phi) is 2.23. The van der Waals surface area contributed by atoms with Gasteiger partial charge in [-0.3, -0.25) is 4.40 Å². The van der Waals surface area contributed by atoms with E-state index in [9.17, 15) is 0 Å². The fraction of sp³-hybridized carbons (Fsp3) is 0.455. The highest BCUT2D eigenvalue weighted by Gasteiger charge is 2.05. The van der Waals surface area contributed by atoms with Crippen LogP contribution in [0.2, 0.25) is 0 Å². The summed E-state index contributed by atoms with van der Waals surface area (Å²) in [6.45, 7) is 6.41. The first-order chi connectivity index (χ1) is 6.72. The van der Waals surface area contributed by atoms with E-state index in [0.29, 0.717) is 5.92 Å². The summed E-state index contributed by atoms with van der Waals surface area (Å²) in [6.07, 6.45) is 3.30. The van der Waals surface area contributed by atoms with E-state index in [1.165, 1.54) is 5.56 Å². The molecule has 0 saturated carbocycles. The van der Waals surface area contributed by atoms with Crippen molar-refractivity contribution in [3.05, 3.63) is 29.7 Å². The van der Waals surface area contributed by atoms with Gasteiger partial charge in [0.25, 0.3) is 0 Å². The third-order valence-electron chi connectivity index (χ3n) is 2.78. The molecule has 74 valence electrons. The summed E-state index contributed by atoms with van der Waals surface area (Å²) >= 11 is 0. The second kappa shape index (κ2) is 3.40. The molecule has 2 heterocycles. The average molecular weight is 189 g/mol. The van der Waals surface area contributed by atoms with E-state index in [2.05, 4.69) is 36.3 Å². The monoisotopic (exact) mass is 189 g/mol. The quantitative estimate of drug-likeness (QED) is 0.726. The van der Waals surface area contributed by atoms with Crippen molar-refractivity contribution in [3.8, 4) is 0 Å². The van der Waals surface area contributed by atoms with Gasteiger partial charge in [-0.1, -0.05) is 19.9 Å². The van der Waals surface area contributed by atoms with Crippen LogP contribution in [0.1, 0.15) is 37.6 Å². The summed E-state index contributed by atoms with van der Waals surface area (Å²) in [6, 6.07) is 4.17. The fourth-order valence-corrected chi connectivity index (χ4v) is 1.55. The first-order valence-electron chi connectivity index (χ1n) is 5.03. The molecule has 0 aromatic carbocycles. The summed E-state index contributed by atoms with van der Waals surface area (Å²) < 4.78 is 2.04. The normalized spacial score (nSPS) is 13.4. The van der Waals surface area contributed by atoms with E-state index in [1.54, 1.807) is 0 Å². The fourth-order valence-electron chi connectivity index (χ4n) is 1.55. The first-order valence-corrected chi connectivity index (χ1v) is 5.03. The lowest BCUT2D eigenvalue weighted by Gasteiger charge is -2.08. The van der Waals surface area contributed by atoms with E-state index in [0.717, 1.165) is 17.9 Å². The smallest absolute Gasteiger partial charge is 0.160 e. The van der Waals surface area contributed by atoms with Gasteiger partial charge in [0, 0.05) is 6.20 Å². The molecule has 2 aromatic rings. The molecule has 1 unspecified atom stereocenters. The van der Waals surface area contributed by atoms with Gasteiger partial charge in [0.2, 0.25) is 0 Å². The zero-order chi connectivity index (χ0) is 10.1. The Labute approximate surface area is 83.8 Å². The zero-order valence-electron chi connectivity index (χ0n) is 8.86. The van der Waals surface area contributed by atoms with Gasteiger partial charge < -0.3 is 0 Å². The highest BCUT2D eigenvalue weighted by Crippen LogP contribution is 2.18. The minimum Gasteiger partial charge on any atom is -0.286 e. The minimum absolute atomic E-state index is 0.598. The van der Waals surface area contributed by atoms with Crippen molar-refractivity contribution in [1.29, 1.82) is 0 Å². The van der Waals surface area contributed by atoms with Crippen molar-refractivity contribution in [2.24, 2.45) is 0 Å². The number of hydrogen-bond donors (Lipinski definition) is 0. The number of rotatable bonds is 2. The Hall–Kier alpha value is -1.38. The molecule has 3 nitrogen and oxygen atoms in total. The van der Waals surface area contributed by atoms with Gasteiger partial charge in [-0.25, -0.2) is 0 Å². The van der Waals surface area contributed by atoms with Crippen LogP contribution in [0.25, 0.3) is 5.65 Å². The maximum absolute atomic E-state index is 4.06. The van der Waals surface area contributed by atoms with Crippen LogP contribution in [0.3, 0.4) is 0 Å². The predicted molar refractivity (Wildman–Crippen MR) is 56.4 cm³/mol. The second-order valence-electron chi connectivity index (χ2n) is 3.75. The summed E-state index contributed by atoms with van der Waals surface area (Å²) in [7, 11) is 0. The Morgan fingerprint density at radius 2 is 2.14 bits per heavy atom. The summed E-state index contributed by atoms with van der Waals surface area (Å²) in [5.74, 6) is 1.55. The maximum atomic E-state index is 4.06. The van der Waals surface area contributed by atoms with E-state index >= 15 is 0 Å². The van der Waals surface area contributed by atoms with Crippen molar-refractivity contribution in [3.63, 3.8) is 0 Å². The van der Waals surface area contributed by atoms with Crippen LogP contribution in [-0.2, 0) is 0 Å². The van der Waals surface area contributed by atoms with Gasteiger partial charge in [-0.2, -0.15) is 0 Å². The topological polar surface area (TPSA) is 30.2 Å². The molecule has 14 heavy (non-hydrogen) atoms. The summed E-state index contributed by atoms with van der Waals surface area (Å²) in [5.41, 5.74) is 2.28. The average Bonchev–Trinajstić information content (AvgIpc) is 2.59. The standard InChI is InChI=1S/C11H15N3/c1-4-8(2)10-5-6-11-13-12-9(3)14(11)7-10/h5-8H,4H2,1-3H3. The van der Waals surface area contributed by atoms with Gasteiger partial charge >= 0.3 is 0 Å². The number of fused-ring (bicyclic) bond motifs is 1. The molecule has 1 atom stereocenters. The summed E-state index contributed by atoms with van der Waals surface area (Å²) in [4.78, 5) is 0. The van der Waals surface area contributed by atoms with E-state index < -0.39 is 0 Å². The number of pyridine rings is 1. The molecular formula is C11H15N3. The second-order valence-corrected chi connectivity index (χ2v) is 3.75. The Balaban J connectivity index is 2.54. The van der Waals surface area contributed by atoms with E-state index in [4.69, 9.17) is 0 Å². The number of nitrogens with zero attached hydrogens (tertiary/aromatic N) is 3. The van der Waals surface area contributed by atoms with Gasteiger partial charge in [-0.05, 0) is 30.9 Å². The van der Waals surface area contributed by atoms with Crippen LogP contribution in [0.15, 0.2) is 18.3 Å². The lowest BCUT2D eigenvalue weighted by Crippen LogP contribution is -1.95. The molecule has 2 rings (SSSR count). The van der Waals surface area contributed by atoms with Crippen molar-refractivity contribution in [2.45, 2.75) is 33.1 Å². The molecule has 3 heteroatoms. The Bertz CT molecular complexity index is 445. The van der Waals surface area contributed by atoms with E-state index in [-0.39, 0.29) is 0 Å². The maximum Gasteiger partial charge on any atom is 0.160 e. The van der Waals surface area contributed by atoms with Crippen molar-refractivity contribution in [2.75, 3.05) is 0 Å². The molecule has 0 fully saturated rings. The SMILES string of the molecule is CCC(C)c1ccc2nnc(C)n2c1. The molecule has 0 N–H and O–H groups in total. The van der Waals surface area contributed by atoms with E-state index in [1.807, 2.05) is 17.4 Å².